The maximum Gasteiger partial charge on any atom is 0.349 e. The van der Waals surface area contributed by atoms with Crippen LogP contribution < -0.4 is 0 Å². The van der Waals surface area contributed by atoms with Crippen LogP contribution in [-0.2, 0) is 42.1 Å². The maximum atomic E-state index is 12.0. The summed E-state index contributed by atoms with van der Waals surface area (Å²) in [6.07, 6.45) is 0.315. The highest BCUT2D eigenvalue weighted by atomic mass is 28.4. The van der Waals surface area contributed by atoms with E-state index in [1.54, 1.807) is 0 Å². The number of carbonyl (C=O) groups is 2. The first-order valence-corrected chi connectivity index (χ1v) is 13.8. The second-order valence-electron chi connectivity index (χ2n) is 11.4. The molecule has 0 bridgehead atoms. The summed E-state index contributed by atoms with van der Waals surface area (Å²) < 4.78 is 41.6. The standard InChI is InChI=1S/C25H40O9Si/c1-15-16(13-21(27)29-9)32-18-12-17-19(33-23(18)22(15)30-11-10-20(26)28-8)14-31-35(34-17,24(2,3)4)25(5,6)7/h10-11,16-19,22-23H,1,12-14H2,2-9H3/b11-10+/t16-,17-,18+,19+,22+,23+/m0/s1. The van der Waals surface area contributed by atoms with Gasteiger partial charge < -0.3 is 32.5 Å². The molecule has 0 aromatic heterocycles. The van der Waals surface area contributed by atoms with Crippen LogP contribution in [0.2, 0.25) is 10.1 Å². The molecule has 35 heavy (non-hydrogen) atoms. The Morgan fingerprint density at radius 2 is 1.69 bits per heavy atom. The summed E-state index contributed by atoms with van der Waals surface area (Å²) in [4.78, 5) is 23.6. The number of rotatable bonds is 5. The smallest absolute Gasteiger partial charge is 0.349 e. The predicted octanol–water partition coefficient (Wildman–Crippen LogP) is 3.56. The molecule has 0 aromatic rings. The van der Waals surface area contributed by atoms with Crippen LogP contribution in [0.1, 0.15) is 54.4 Å². The van der Waals surface area contributed by atoms with Gasteiger partial charge in [-0.05, 0) is 5.57 Å². The lowest BCUT2D eigenvalue weighted by molar-refractivity contribution is -0.250. The van der Waals surface area contributed by atoms with E-state index in [1.807, 2.05) is 0 Å². The topological polar surface area (TPSA) is 98.8 Å². The fourth-order valence-electron chi connectivity index (χ4n) is 5.44. The Balaban J connectivity index is 1.86. The fourth-order valence-corrected chi connectivity index (χ4v) is 10.4. The second kappa shape index (κ2) is 10.3. The average molecular weight is 513 g/mol. The van der Waals surface area contributed by atoms with Crippen molar-refractivity contribution >= 4 is 20.5 Å². The first-order chi connectivity index (χ1) is 16.2. The maximum absolute atomic E-state index is 12.0. The lowest BCUT2D eigenvalue weighted by atomic mass is 9.86. The molecular weight excluding hydrogens is 472 g/mol. The Kier molecular flexibility index (Phi) is 8.22. The number of fused-ring (bicyclic) bond motifs is 2. The minimum atomic E-state index is -2.69. The van der Waals surface area contributed by atoms with E-state index >= 15 is 0 Å². The van der Waals surface area contributed by atoms with Crippen molar-refractivity contribution in [2.24, 2.45) is 0 Å². The van der Waals surface area contributed by atoms with Gasteiger partial charge in [0.25, 0.3) is 0 Å². The van der Waals surface area contributed by atoms with Gasteiger partial charge in [-0.1, -0.05) is 48.1 Å². The Bertz CT molecular complexity index is 827. The lowest BCUT2D eigenvalue weighted by Gasteiger charge is -2.58. The van der Waals surface area contributed by atoms with Gasteiger partial charge in [-0.15, -0.1) is 0 Å². The summed E-state index contributed by atoms with van der Waals surface area (Å²) in [5.41, 5.74) is 0.537. The summed E-state index contributed by atoms with van der Waals surface area (Å²) in [6.45, 7) is 17.5. The summed E-state index contributed by atoms with van der Waals surface area (Å²) in [5.74, 6) is -0.961. The molecule has 3 heterocycles. The van der Waals surface area contributed by atoms with Crippen LogP contribution in [0.5, 0.6) is 0 Å². The van der Waals surface area contributed by atoms with E-state index in [9.17, 15) is 9.59 Å². The molecule has 6 atom stereocenters. The summed E-state index contributed by atoms with van der Waals surface area (Å²) in [5, 5.41) is -0.320. The lowest BCUT2D eigenvalue weighted by Crippen LogP contribution is -2.69. The largest absolute Gasteiger partial charge is 0.490 e. The molecule has 3 aliphatic heterocycles. The number of ether oxygens (including phenoxy) is 5. The Hall–Kier alpha value is -1.72. The molecule has 3 rings (SSSR count). The molecule has 3 fully saturated rings. The van der Waals surface area contributed by atoms with Crippen LogP contribution in [0.3, 0.4) is 0 Å². The van der Waals surface area contributed by atoms with Gasteiger partial charge in [-0.25, -0.2) is 4.79 Å². The van der Waals surface area contributed by atoms with E-state index in [4.69, 9.17) is 27.8 Å². The fraction of sp³-hybridized carbons (Fsp3) is 0.760. The van der Waals surface area contributed by atoms with Crippen molar-refractivity contribution in [2.45, 2.75) is 101 Å². The zero-order valence-electron chi connectivity index (χ0n) is 22.1. The van der Waals surface area contributed by atoms with Crippen molar-refractivity contribution in [3.8, 4) is 0 Å². The van der Waals surface area contributed by atoms with Crippen molar-refractivity contribution in [3.63, 3.8) is 0 Å². The van der Waals surface area contributed by atoms with Crippen LogP contribution in [0.25, 0.3) is 0 Å². The highest BCUT2D eigenvalue weighted by Crippen LogP contribution is 2.55. The first-order valence-electron chi connectivity index (χ1n) is 12.0. The molecule has 10 heteroatoms. The molecule has 3 saturated heterocycles. The number of carbonyl (C=O) groups excluding carboxylic acids is 2. The average Bonchev–Trinajstić information content (AvgIpc) is 2.77. The third kappa shape index (κ3) is 5.51. The highest BCUT2D eigenvalue weighted by Gasteiger charge is 2.64. The first kappa shape index (κ1) is 27.9. The van der Waals surface area contributed by atoms with Crippen LogP contribution in [0, 0.1) is 0 Å². The summed E-state index contributed by atoms with van der Waals surface area (Å²) >= 11 is 0. The zero-order valence-corrected chi connectivity index (χ0v) is 23.1. The van der Waals surface area contributed by atoms with E-state index in [1.165, 1.54) is 26.6 Å². The van der Waals surface area contributed by atoms with Crippen LogP contribution in [0.15, 0.2) is 24.5 Å². The number of methoxy groups -OCH3 is 2. The van der Waals surface area contributed by atoms with Crippen molar-refractivity contribution in [3.05, 3.63) is 24.5 Å². The molecule has 0 unspecified atom stereocenters. The second-order valence-corrected chi connectivity index (χ2v) is 16.1. The molecule has 3 aliphatic rings. The minimum absolute atomic E-state index is 0.000136. The van der Waals surface area contributed by atoms with Gasteiger partial charge in [0.2, 0.25) is 0 Å². The van der Waals surface area contributed by atoms with Gasteiger partial charge in [0, 0.05) is 16.5 Å². The number of hydrogen-bond donors (Lipinski definition) is 0. The van der Waals surface area contributed by atoms with Crippen LogP contribution in [-0.4, -0.2) is 77.9 Å². The van der Waals surface area contributed by atoms with Crippen molar-refractivity contribution in [1.82, 2.24) is 0 Å². The van der Waals surface area contributed by atoms with Gasteiger partial charge in [-0.2, -0.15) is 0 Å². The van der Waals surface area contributed by atoms with Crippen molar-refractivity contribution in [1.29, 1.82) is 0 Å². The van der Waals surface area contributed by atoms with E-state index in [0.29, 0.717) is 18.6 Å². The quantitative estimate of drug-likeness (QED) is 0.180. The third-order valence-corrected chi connectivity index (χ3v) is 12.1. The van der Waals surface area contributed by atoms with E-state index in [-0.39, 0.29) is 28.7 Å². The number of hydrogen-bond acceptors (Lipinski definition) is 9. The van der Waals surface area contributed by atoms with Gasteiger partial charge >= 0.3 is 20.5 Å². The van der Waals surface area contributed by atoms with E-state index in [2.05, 4.69) is 52.9 Å². The Morgan fingerprint density at radius 1 is 1.03 bits per heavy atom. The SMILES string of the molecule is C=C1[C@H](CC(=O)OC)O[C@@H]2C[C@@H]3O[Si](C(C)(C)C)(C(C)(C)C)OC[C@H]3O[C@H]2[C@@H]1O/C=C/C(=O)OC. The normalized spacial score (nSPS) is 33.0. The highest BCUT2D eigenvalue weighted by molar-refractivity contribution is 6.73. The number of esters is 2. The molecule has 9 nitrogen and oxygen atoms in total. The summed E-state index contributed by atoms with van der Waals surface area (Å²) in [6, 6.07) is 0. The van der Waals surface area contributed by atoms with E-state index < -0.39 is 44.9 Å². The third-order valence-electron chi connectivity index (χ3n) is 6.95. The van der Waals surface area contributed by atoms with E-state index in [0.717, 1.165) is 0 Å². The predicted molar refractivity (Wildman–Crippen MR) is 130 cm³/mol. The molecule has 0 spiro atoms. The van der Waals surface area contributed by atoms with Gasteiger partial charge in [0.1, 0.15) is 18.3 Å². The molecule has 0 N–H and O–H groups in total. The van der Waals surface area contributed by atoms with Gasteiger partial charge in [0.15, 0.2) is 0 Å². The molecular formula is C25H40O9Si. The molecule has 0 amide bonds. The monoisotopic (exact) mass is 512 g/mol. The molecule has 0 aromatic carbocycles. The van der Waals surface area contributed by atoms with Crippen molar-refractivity contribution in [2.75, 3.05) is 20.8 Å². The van der Waals surface area contributed by atoms with Crippen LogP contribution in [0.4, 0.5) is 0 Å². The minimum Gasteiger partial charge on any atom is -0.490 e. The summed E-state index contributed by atoms with van der Waals surface area (Å²) in [7, 11) is -0.0722. The van der Waals surface area contributed by atoms with Gasteiger partial charge in [-0.3, -0.25) is 4.79 Å². The van der Waals surface area contributed by atoms with Crippen LogP contribution >= 0.6 is 0 Å². The molecule has 0 radical (unpaired) electrons. The molecule has 0 aliphatic carbocycles. The van der Waals surface area contributed by atoms with Crippen molar-refractivity contribution < 1.29 is 42.1 Å². The Morgan fingerprint density at radius 3 is 2.26 bits per heavy atom. The molecule has 0 saturated carbocycles. The Labute approximate surface area is 209 Å². The zero-order chi connectivity index (χ0) is 26.2. The molecule has 198 valence electrons. The van der Waals surface area contributed by atoms with Gasteiger partial charge in [0.05, 0.1) is 57.9 Å².